The van der Waals surface area contributed by atoms with Gasteiger partial charge in [-0.3, -0.25) is 10.4 Å². The minimum atomic E-state index is 0.848. The average Bonchev–Trinajstić information content (AvgIpc) is 2.41. The van der Waals surface area contributed by atoms with Crippen LogP contribution >= 0.6 is 0 Å². The Morgan fingerprint density at radius 3 is 2.39 bits per heavy atom. The van der Waals surface area contributed by atoms with Gasteiger partial charge < -0.3 is 4.74 Å². The average molecular weight is 242 g/mol. The molecule has 0 radical (unpaired) electrons. The van der Waals surface area contributed by atoms with E-state index in [1.54, 1.807) is 7.11 Å². The third-order valence-corrected chi connectivity index (χ3v) is 2.88. The molecule has 2 aromatic carbocycles. The molecule has 0 saturated carbocycles. The van der Waals surface area contributed by atoms with Crippen LogP contribution in [0.2, 0.25) is 0 Å². The standard InChI is InChI=1S/C15H18N2O/c1-12-8-4-5-9-13(12)16-17(2)14-10-6-7-11-15(14)18-3/h4-11,16H,1-3H3. The Morgan fingerprint density at radius 2 is 1.67 bits per heavy atom. The highest BCUT2D eigenvalue weighted by molar-refractivity contribution is 5.63. The summed E-state index contributed by atoms with van der Waals surface area (Å²) in [5, 5.41) is 1.96. The van der Waals surface area contributed by atoms with E-state index in [0.717, 1.165) is 17.1 Å². The number of nitrogens with zero attached hydrogens (tertiary/aromatic N) is 1. The van der Waals surface area contributed by atoms with Gasteiger partial charge in [0, 0.05) is 7.05 Å². The highest BCUT2D eigenvalue weighted by atomic mass is 16.5. The number of rotatable bonds is 4. The molecule has 0 heterocycles. The molecule has 3 nitrogen and oxygen atoms in total. The molecular weight excluding hydrogens is 224 g/mol. The Hall–Kier alpha value is -2.16. The van der Waals surface area contributed by atoms with Gasteiger partial charge in [-0.2, -0.15) is 0 Å². The molecule has 18 heavy (non-hydrogen) atoms. The molecule has 0 spiro atoms. The van der Waals surface area contributed by atoms with E-state index < -0.39 is 0 Å². The van der Waals surface area contributed by atoms with Crippen LogP contribution in [0.5, 0.6) is 5.75 Å². The predicted molar refractivity (Wildman–Crippen MR) is 76.2 cm³/mol. The zero-order valence-corrected chi connectivity index (χ0v) is 11.0. The van der Waals surface area contributed by atoms with Crippen LogP contribution in [-0.4, -0.2) is 14.2 Å². The lowest BCUT2D eigenvalue weighted by molar-refractivity contribution is 0.415. The highest BCUT2D eigenvalue weighted by Gasteiger charge is 2.07. The fourth-order valence-corrected chi connectivity index (χ4v) is 1.85. The highest BCUT2D eigenvalue weighted by Crippen LogP contribution is 2.27. The molecule has 94 valence electrons. The van der Waals surface area contributed by atoms with Gasteiger partial charge in [0.1, 0.15) is 5.75 Å². The van der Waals surface area contributed by atoms with Crippen molar-refractivity contribution in [3.8, 4) is 5.75 Å². The molecular formula is C15H18N2O. The summed E-state index contributed by atoms with van der Waals surface area (Å²) in [6.45, 7) is 2.08. The third-order valence-electron chi connectivity index (χ3n) is 2.88. The van der Waals surface area contributed by atoms with Crippen molar-refractivity contribution in [3.05, 3.63) is 54.1 Å². The van der Waals surface area contributed by atoms with Crippen LogP contribution in [0.3, 0.4) is 0 Å². The monoisotopic (exact) mass is 242 g/mol. The minimum Gasteiger partial charge on any atom is -0.495 e. The van der Waals surface area contributed by atoms with Crippen LogP contribution in [0.15, 0.2) is 48.5 Å². The van der Waals surface area contributed by atoms with Crippen molar-refractivity contribution >= 4 is 11.4 Å². The van der Waals surface area contributed by atoms with Crippen molar-refractivity contribution in [2.45, 2.75) is 6.92 Å². The van der Waals surface area contributed by atoms with Crippen LogP contribution in [-0.2, 0) is 0 Å². The van der Waals surface area contributed by atoms with Crippen molar-refractivity contribution in [3.63, 3.8) is 0 Å². The molecule has 0 aliphatic carbocycles. The summed E-state index contributed by atoms with van der Waals surface area (Å²) in [5.41, 5.74) is 6.65. The van der Waals surface area contributed by atoms with E-state index in [1.165, 1.54) is 5.56 Å². The van der Waals surface area contributed by atoms with E-state index in [2.05, 4.69) is 24.5 Å². The molecule has 0 saturated heterocycles. The second kappa shape index (κ2) is 5.45. The molecule has 1 N–H and O–H groups in total. The van der Waals surface area contributed by atoms with Crippen molar-refractivity contribution in [1.29, 1.82) is 0 Å². The normalized spacial score (nSPS) is 9.94. The van der Waals surface area contributed by atoms with E-state index in [-0.39, 0.29) is 0 Å². The number of methoxy groups -OCH3 is 1. The minimum absolute atomic E-state index is 0.848. The first-order valence-electron chi connectivity index (χ1n) is 5.91. The van der Waals surface area contributed by atoms with Gasteiger partial charge >= 0.3 is 0 Å². The Bertz CT molecular complexity index is 525. The Labute approximate surface area is 108 Å². The second-order valence-electron chi connectivity index (χ2n) is 4.16. The molecule has 0 aromatic heterocycles. The molecule has 0 atom stereocenters. The quantitative estimate of drug-likeness (QED) is 0.831. The number of para-hydroxylation sites is 3. The zero-order valence-electron chi connectivity index (χ0n) is 11.0. The van der Waals surface area contributed by atoms with Gasteiger partial charge in [-0.25, -0.2) is 0 Å². The first-order valence-corrected chi connectivity index (χ1v) is 5.91. The van der Waals surface area contributed by atoms with Crippen molar-refractivity contribution in [2.75, 3.05) is 24.6 Å². The number of benzene rings is 2. The van der Waals surface area contributed by atoms with Crippen LogP contribution in [0.1, 0.15) is 5.56 Å². The molecule has 0 fully saturated rings. The van der Waals surface area contributed by atoms with E-state index in [1.807, 2.05) is 48.5 Å². The van der Waals surface area contributed by atoms with E-state index >= 15 is 0 Å². The predicted octanol–water partition coefficient (Wildman–Crippen LogP) is 3.47. The van der Waals surface area contributed by atoms with Crippen LogP contribution in [0.4, 0.5) is 11.4 Å². The number of nitrogens with one attached hydrogen (secondary N) is 1. The Balaban J connectivity index is 2.22. The summed E-state index contributed by atoms with van der Waals surface area (Å²) in [7, 11) is 3.66. The van der Waals surface area contributed by atoms with Gasteiger partial charge in [0.2, 0.25) is 0 Å². The molecule has 3 heteroatoms. The lowest BCUT2D eigenvalue weighted by atomic mass is 10.2. The Morgan fingerprint density at radius 1 is 1.00 bits per heavy atom. The van der Waals surface area contributed by atoms with Crippen molar-refractivity contribution in [1.82, 2.24) is 0 Å². The first-order chi connectivity index (χ1) is 8.72. The smallest absolute Gasteiger partial charge is 0.143 e. The number of hydrogen-bond acceptors (Lipinski definition) is 3. The molecule has 0 aliphatic heterocycles. The fraction of sp³-hybridized carbons (Fsp3) is 0.200. The summed E-state index contributed by atoms with van der Waals surface area (Å²) >= 11 is 0. The topological polar surface area (TPSA) is 24.5 Å². The number of aryl methyl sites for hydroxylation is 1. The maximum atomic E-state index is 5.35. The number of anilines is 2. The fourth-order valence-electron chi connectivity index (χ4n) is 1.85. The van der Waals surface area contributed by atoms with E-state index in [0.29, 0.717) is 0 Å². The van der Waals surface area contributed by atoms with E-state index in [4.69, 9.17) is 4.74 Å². The molecule has 0 aliphatic rings. The van der Waals surface area contributed by atoms with Crippen LogP contribution in [0.25, 0.3) is 0 Å². The first kappa shape index (κ1) is 12.3. The van der Waals surface area contributed by atoms with Gasteiger partial charge in [0.05, 0.1) is 18.5 Å². The molecule has 0 unspecified atom stereocenters. The van der Waals surface area contributed by atoms with Crippen LogP contribution in [0, 0.1) is 6.92 Å². The summed E-state index contributed by atoms with van der Waals surface area (Å²) in [5.74, 6) is 0.848. The number of hydrazine groups is 1. The summed E-state index contributed by atoms with van der Waals surface area (Å²) in [6, 6.07) is 16.1. The number of hydrogen-bond donors (Lipinski definition) is 1. The second-order valence-corrected chi connectivity index (χ2v) is 4.16. The van der Waals surface area contributed by atoms with Crippen molar-refractivity contribution < 1.29 is 4.74 Å². The summed E-state index contributed by atoms with van der Waals surface area (Å²) in [4.78, 5) is 0. The SMILES string of the molecule is COc1ccccc1N(C)Nc1ccccc1C. The van der Waals surface area contributed by atoms with Gasteiger partial charge in [-0.05, 0) is 30.7 Å². The maximum absolute atomic E-state index is 5.35. The van der Waals surface area contributed by atoms with Crippen molar-refractivity contribution in [2.24, 2.45) is 0 Å². The zero-order chi connectivity index (χ0) is 13.0. The summed E-state index contributed by atoms with van der Waals surface area (Å²) < 4.78 is 5.35. The third kappa shape index (κ3) is 2.56. The maximum Gasteiger partial charge on any atom is 0.143 e. The van der Waals surface area contributed by atoms with Crippen LogP contribution < -0.4 is 15.2 Å². The molecule has 2 aromatic rings. The summed E-state index contributed by atoms with van der Waals surface area (Å²) in [6.07, 6.45) is 0. The largest absolute Gasteiger partial charge is 0.495 e. The lowest BCUT2D eigenvalue weighted by Gasteiger charge is -2.24. The number of ether oxygens (including phenoxy) is 1. The lowest BCUT2D eigenvalue weighted by Crippen LogP contribution is -2.25. The van der Waals surface area contributed by atoms with E-state index in [9.17, 15) is 0 Å². The van der Waals surface area contributed by atoms with Gasteiger partial charge in [0.15, 0.2) is 0 Å². The molecule has 0 amide bonds. The van der Waals surface area contributed by atoms with Gasteiger partial charge in [-0.15, -0.1) is 0 Å². The van der Waals surface area contributed by atoms with Gasteiger partial charge in [-0.1, -0.05) is 30.3 Å². The molecule has 2 rings (SSSR count). The van der Waals surface area contributed by atoms with Gasteiger partial charge in [0.25, 0.3) is 0 Å². The molecule has 0 bridgehead atoms. The Kier molecular flexibility index (Phi) is 3.72.